The van der Waals surface area contributed by atoms with Crippen LogP contribution in [0.1, 0.15) is 11.1 Å². The summed E-state index contributed by atoms with van der Waals surface area (Å²) in [4.78, 5) is 2.35. The Hall–Kier alpha value is -6.94. The summed E-state index contributed by atoms with van der Waals surface area (Å²) in [6.45, 7) is 0. The predicted octanol–water partition coefficient (Wildman–Crippen LogP) is 15.0. The lowest BCUT2D eigenvalue weighted by Gasteiger charge is -2.25. The minimum atomic E-state index is 1.12. The maximum absolute atomic E-state index is 2.41. The van der Waals surface area contributed by atoms with Gasteiger partial charge < -0.3 is 9.47 Å². The van der Waals surface area contributed by atoms with Crippen molar-refractivity contribution in [3.8, 4) is 28.1 Å². The van der Waals surface area contributed by atoms with E-state index < -0.39 is 0 Å². The molecule has 2 nitrogen and oxygen atoms in total. The first kappa shape index (κ1) is 32.7. The summed E-state index contributed by atoms with van der Waals surface area (Å²) in [5, 5.41) is 3.82. The Balaban J connectivity index is 1.04. The minimum absolute atomic E-state index is 1.12. The van der Waals surface area contributed by atoms with Crippen LogP contribution in [0.5, 0.6) is 0 Å². The average molecular weight is 721 g/mol. The smallest absolute Gasteiger partial charge is 0.0619 e. The van der Waals surface area contributed by atoms with Crippen molar-refractivity contribution in [2.45, 2.75) is 0 Å². The van der Waals surface area contributed by atoms with E-state index in [1.807, 2.05) is 11.3 Å². The molecule has 260 valence electrons. The van der Waals surface area contributed by atoms with Crippen LogP contribution in [-0.4, -0.2) is 4.57 Å². The first-order valence-corrected chi connectivity index (χ1v) is 19.5. The molecule has 0 aliphatic carbocycles. The highest BCUT2D eigenvalue weighted by atomic mass is 32.1. The van der Waals surface area contributed by atoms with Gasteiger partial charge in [-0.25, -0.2) is 0 Å². The van der Waals surface area contributed by atoms with E-state index in [9.17, 15) is 0 Å². The monoisotopic (exact) mass is 720 g/mol. The third-order valence-corrected chi connectivity index (χ3v) is 11.5. The summed E-state index contributed by atoms with van der Waals surface area (Å²) < 4.78 is 5.04. The molecule has 10 aromatic rings. The molecule has 0 radical (unpaired) electrons. The van der Waals surface area contributed by atoms with Crippen molar-refractivity contribution in [2.24, 2.45) is 0 Å². The Bertz CT molecular complexity index is 2940. The molecule has 0 fully saturated rings. The first-order chi connectivity index (χ1) is 27.3. The molecule has 0 amide bonds. The molecule has 2 heterocycles. The summed E-state index contributed by atoms with van der Waals surface area (Å²) >= 11 is 1.85. The zero-order valence-electron chi connectivity index (χ0n) is 30.1. The van der Waals surface area contributed by atoms with Crippen LogP contribution >= 0.6 is 11.3 Å². The molecule has 0 unspecified atom stereocenters. The van der Waals surface area contributed by atoms with Gasteiger partial charge in [-0.2, -0.15) is 0 Å². The topological polar surface area (TPSA) is 8.17 Å². The Labute approximate surface area is 325 Å². The number of anilines is 3. The summed E-state index contributed by atoms with van der Waals surface area (Å²) in [7, 11) is 0. The van der Waals surface area contributed by atoms with Crippen LogP contribution in [0.25, 0.3) is 71.3 Å². The lowest BCUT2D eigenvalue weighted by atomic mass is 9.97. The maximum Gasteiger partial charge on any atom is 0.0619 e. The van der Waals surface area contributed by atoms with Crippen molar-refractivity contribution in [3.05, 3.63) is 217 Å². The van der Waals surface area contributed by atoms with E-state index in [1.54, 1.807) is 0 Å². The number of hydrogen-bond acceptors (Lipinski definition) is 2. The van der Waals surface area contributed by atoms with Crippen LogP contribution in [-0.2, 0) is 0 Å². The number of hydrogen-bond donors (Lipinski definition) is 0. The number of nitrogens with zero attached hydrogens (tertiary/aromatic N) is 2. The molecule has 0 saturated carbocycles. The highest BCUT2D eigenvalue weighted by molar-refractivity contribution is 7.25. The van der Waals surface area contributed by atoms with Crippen molar-refractivity contribution in [3.63, 3.8) is 0 Å². The molecule has 10 rings (SSSR count). The second-order valence-corrected chi connectivity index (χ2v) is 14.9. The lowest BCUT2D eigenvalue weighted by molar-refractivity contribution is 1.13. The second kappa shape index (κ2) is 14.1. The molecule has 0 aliphatic rings. The fraction of sp³-hybridized carbons (Fsp3) is 0. The van der Waals surface area contributed by atoms with Gasteiger partial charge in [0.05, 0.1) is 11.2 Å². The zero-order chi connectivity index (χ0) is 36.6. The Morgan fingerprint density at radius 2 is 0.964 bits per heavy atom. The highest BCUT2D eigenvalue weighted by Crippen LogP contribution is 2.44. The quantitative estimate of drug-likeness (QED) is 0.142. The Morgan fingerprint density at radius 3 is 1.71 bits per heavy atom. The van der Waals surface area contributed by atoms with Crippen LogP contribution in [0, 0.1) is 0 Å². The van der Waals surface area contributed by atoms with Gasteiger partial charge in [0, 0.05) is 53.9 Å². The largest absolute Gasteiger partial charge is 0.310 e. The van der Waals surface area contributed by atoms with Gasteiger partial charge in [-0.3, -0.25) is 0 Å². The van der Waals surface area contributed by atoms with Gasteiger partial charge in [-0.15, -0.1) is 11.3 Å². The molecule has 0 saturated heterocycles. The van der Waals surface area contributed by atoms with E-state index in [4.69, 9.17) is 0 Å². The molecule has 0 N–H and O–H groups in total. The molecule has 0 bridgehead atoms. The fourth-order valence-electron chi connectivity index (χ4n) is 7.83. The van der Waals surface area contributed by atoms with Gasteiger partial charge >= 0.3 is 0 Å². The molecular weight excluding hydrogens is 685 g/mol. The third-order valence-electron chi connectivity index (χ3n) is 10.4. The molecule has 8 aromatic carbocycles. The second-order valence-electron chi connectivity index (χ2n) is 13.8. The van der Waals surface area contributed by atoms with Gasteiger partial charge in [-0.05, 0) is 95.1 Å². The van der Waals surface area contributed by atoms with Crippen LogP contribution in [0.2, 0.25) is 0 Å². The van der Waals surface area contributed by atoms with Crippen LogP contribution in [0.3, 0.4) is 0 Å². The molecule has 0 spiro atoms. The summed E-state index contributed by atoms with van der Waals surface area (Å²) in [5.74, 6) is 0. The minimum Gasteiger partial charge on any atom is -0.310 e. The number of fused-ring (bicyclic) bond motifs is 4. The van der Waals surface area contributed by atoms with Gasteiger partial charge in [-0.1, -0.05) is 146 Å². The molecule has 3 heteroatoms. The first-order valence-electron chi connectivity index (χ1n) is 18.7. The number of para-hydroxylation sites is 2. The summed E-state index contributed by atoms with van der Waals surface area (Å²) in [6.07, 6.45) is 4.45. The highest BCUT2D eigenvalue weighted by Gasteiger charge is 2.21. The van der Waals surface area contributed by atoms with Crippen molar-refractivity contribution >= 4 is 71.6 Å². The fourth-order valence-corrected chi connectivity index (χ4v) is 8.91. The number of rotatable bonds is 8. The van der Waals surface area contributed by atoms with Crippen molar-refractivity contribution < 1.29 is 0 Å². The van der Waals surface area contributed by atoms with Crippen molar-refractivity contribution in [1.29, 1.82) is 0 Å². The Kier molecular flexibility index (Phi) is 8.40. The number of aromatic nitrogens is 1. The van der Waals surface area contributed by atoms with Crippen molar-refractivity contribution in [2.75, 3.05) is 4.90 Å². The molecular formula is C52H36N2S. The maximum atomic E-state index is 2.41. The van der Waals surface area contributed by atoms with Crippen LogP contribution in [0.4, 0.5) is 17.1 Å². The van der Waals surface area contributed by atoms with Gasteiger partial charge in [0.2, 0.25) is 0 Å². The van der Waals surface area contributed by atoms with Crippen molar-refractivity contribution in [1.82, 2.24) is 4.57 Å². The van der Waals surface area contributed by atoms with Gasteiger partial charge in [0.15, 0.2) is 0 Å². The average Bonchev–Trinajstić information content (AvgIpc) is 3.80. The molecule has 2 aromatic heterocycles. The summed E-state index contributed by atoms with van der Waals surface area (Å²) in [6, 6.07) is 74.2. The predicted molar refractivity (Wildman–Crippen MR) is 237 cm³/mol. The number of thiophene rings is 1. The Morgan fingerprint density at radius 1 is 0.400 bits per heavy atom. The molecule has 0 aliphatic heterocycles. The van der Waals surface area contributed by atoms with Crippen LogP contribution in [0.15, 0.2) is 206 Å². The SMILES string of the molecule is C(=Cc1ccc2c(c1)c(-c1ccccc1)c(-c1ccccc1)n2-c1ccccc1)c1ccc(N(c2ccccc2)c2ccc3sc4ccccc4c3c2)cc1. The standard InChI is InChI=1S/C52H36N2S/c1-5-15-39(16-6-1)51-47-35-38(29-33-48(47)54(42-21-11-4-12-22-42)52(51)40-17-7-2-8-18-40)26-25-37-27-30-43(31-28-37)53(41-19-9-3-10-20-41)44-32-34-50-46(36-44)45-23-13-14-24-49(45)55-50/h1-36H. The van der Waals surface area contributed by atoms with E-state index in [-0.39, 0.29) is 0 Å². The third kappa shape index (κ3) is 6.11. The zero-order valence-corrected chi connectivity index (χ0v) is 30.9. The normalized spacial score (nSPS) is 11.6. The molecule has 0 atom stereocenters. The van der Waals surface area contributed by atoms with E-state index >= 15 is 0 Å². The van der Waals surface area contributed by atoms with E-state index in [2.05, 4.69) is 228 Å². The lowest BCUT2D eigenvalue weighted by Crippen LogP contribution is -2.09. The van der Waals surface area contributed by atoms with Gasteiger partial charge in [0.1, 0.15) is 0 Å². The van der Waals surface area contributed by atoms with E-state index in [1.165, 1.54) is 53.5 Å². The van der Waals surface area contributed by atoms with E-state index in [0.717, 1.165) is 33.9 Å². The van der Waals surface area contributed by atoms with E-state index in [0.29, 0.717) is 0 Å². The molecule has 55 heavy (non-hydrogen) atoms. The van der Waals surface area contributed by atoms with Crippen LogP contribution < -0.4 is 4.90 Å². The summed E-state index contributed by atoms with van der Waals surface area (Å²) in [5.41, 5.74) is 12.8. The number of benzene rings is 8. The van der Waals surface area contributed by atoms with Gasteiger partial charge in [0.25, 0.3) is 0 Å².